The van der Waals surface area contributed by atoms with E-state index in [9.17, 15) is 43.9 Å². The lowest BCUT2D eigenvalue weighted by Gasteiger charge is -2.08. The maximum Gasteiger partial charge on any atom is 0.184 e. The van der Waals surface area contributed by atoms with Gasteiger partial charge < -0.3 is 23.7 Å². The van der Waals surface area contributed by atoms with Crippen LogP contribution in [0.25, 0.3) is 0 Å². The Bertz CT molecular complexity index is 4660. The molecule has 10 aromatic carbocycles. The Labute approximate surface area is 872 Å². The summed E-state index contributed by atoms with van der Waals surface area (Å²) in [6.07, 6.45) is 14.5. The van der Waals surface area contributed by atoms with Crippen molar-refractivity contribution >= 4 is 295 Å². The minimum Gasteiger partial charge on any atom is -0.494 e. The van der Waals surface area contributed by atoms with Crippen molar-refractivity contribution in [3.8, 4) is 28.7 Å². The first-order chi connectivity index (χ1) is 58.6. The van der Waals surface area contributed by atoms with Gasteiger partial charge in [-0.15, -0.1) is 0 Å². The maximum atomic E-state index is 13.6. The molecule has 0 fully saturated rings. The largest absolute Gasteiger partial charge is 0.494 e. The second kappa shape index (κ2) is 67.2. The summed E-state index contributed by atoms with van der Waals surface area (Å²) in [5.41, 5.74) is 3.38. The van der Waals surface area contributed by atoms with Gasteiger partial charge in [0, 0.05) is 42.0 Å². The van der Waals surface area contributed by atoms with Crippen LogP contribution in [0.3, 0.4) is 0 Å². The van der Waals surface area contributed by atoms with Crippen molar-refractivity contribution in [2.24, 2.45) is 0 Å². The van der Waals surface area contributed by atoms with E-state index >= 15 is 0 Å². The third-order valence-corrected chi connectivity index (χ3v) is 29.5. The first kappa shape index (κ1) is 121. The Balaban J connectivity index is 0.000000690. The number of methoxy groups -OCH3 is 1. The van der Waals surface area contributed by atoms with E-state index in [1.165, 1.54) is 19.2 Å². The molecule has 0 radical (unpaired) electrons. The molecule has 0 aliphatic heterocycles. The Hall–Kier alpha value is -1.05. The Morgan fingerprint density at radius 1 is 0.258 bits per heavy atom. The highest BCUT2D eigenvalue weighted by Crippen LogP contribution is 2.38. The monoisotopic (exact) mass is 2710 g/mol. The van der Waals surface area contributed by atoms with Gasteiger partial charge in [-0.05, 0) is 370 Å². The van der Waals surface area contributed by atoms with Crippen LogP contribution in [0.5, 0.6) is 28.7 Å². The molecule has 0 aliphatic carbocycles. The van der Waals surface area contributed by atoms with Crippen LogP contribution in [0.1, 0.15) is 154 Å². The summed E-state index contributed by atoms with van der Waals surface area (Å²) in [5, 5.41) is 1.40. The molecule has 10 rings (SSSR count). The molecule has 0 bridgehead atoms. The van der Waals surface area contributed by atoms with Crippen molar-refractivity contribution in [3.05, 3.63) is 300 Å². The molecule has 0 heterocycles. The fourth-order valence-electron chi connectivity index (χ4n) is 9.34. The summed E-state index contributed by atoms with van der Waals surface area (Å²) in [6.45, 7) is 19.4. The van der Waals surface area contributed by atoms with Crippen molar-refractivity contribution in [3.63, 3.8) is 0 Å². The van der Waals surface area contributed by atoms with Gasteiger partial charge >= 0.3 is 0 Å². The summed E-state index contributed by atoms with van der Waals surface area (Å²) in [6, 6.07) is 33.9. The lowest BCUT2D eigenvalue weighted by molar-refractivity contribution is 0.291. The van der Waals surface area contributed by atoms with Crippen LogP contribution in [0.4, 0.5) is 43.9 Å². The zero-order chi connectivity index (χ0) is 94.2. The number of unbranched alkanes of at least 4 members (excludes halogenated alkanes) is 6. The zero-order valence-corrected chi connectivity index (χ0v) is 93.5. The van der Waals surface area contributed by atoms with E-state index in [4.69, 9.17) is 140 Å². The maximum absolute atomic E-state index is 13.6. The fraction of sp³-hybridized carbons (Fsp3) is 0.326. The average Bonchev–Trinajstić information content (AvgIpc) is 0.595. The lowest BCUT2D eigenvalue weighted by Crippen LogP contribution is -1.99. The molecule has 0 amide bonds. The van der Waals surface area contributed by atoms with Crippen LogP contribution in [-0.2, 0) is 25.7 Å². The van der Waals surface area contributed by atoms with Gasteiger partial charge in [-0.1, -0.05) is 233 Å². The van der Waals surface area contributed by atoms with E-state index in [-0.39, 0.29) is 108 Å². The van der Waals surface area contributed by atoms with Gasteiger partial charge in [-0.25, -0.2) is 43.9 Å². The molecule has 0 saturated heterocycles. The molecule has 0 atom stereocenters. The van der Waals surface area contributed by atoms with Gasteiger partial charge in [0.25, 0.3) is 0 Å². The molecule has 5 nitrogen and oxygen atoms in total. The minimum absolute atomic E-state index is 0.0457. The first-order valence-electron chi connectivity index (χ1n) is 37.9. The summed E-state index contributed by atoms with van der Waals surface area (Å²) < 4.78 is 164. The van der Waals surface area contributed by atoms with Crippen molar-refractivity contribution < 1.29 is 67.6 Å². The van der Waals surface area contributed by atoms with E-state index in [1.807, 2.05) is 107 Å². The van der Waals surface area contributed by atoms with Gasteiger partial charge in [-0.3, -0.25) is 0 Å². The molecule has 0 saturated carbocycles. The van der Waals surface area contributed by atoms with Crippen LogP contribution in [-0.4, -0.2) is 33.5 Å². The van der Waals surface area contributed by atoms with Crippen molar-refractivity contribution in [1.29, 1.82) is 0 Å². The van der Waals surface area contributed by atoms with E-state index in [0.717, 1.165) is 103 Å². The highest BCUT2D eigenvalue weighted by Gasteiger charge is 2.18. The molecule has 35 heteroatoms. The lowest BCUT2D eigenvalue weighted by atomic mass is 10.1. The molecule has 124 heavy (non-hydrogen) atoms. The van der Waals surface area contributed by atoms with Crippen LogP contribution in [0.2, 0.25) is 50.2 Å². The number of aryl methyl sites for hydroxylation is 5. The standard InChI is InChI=1S/C11H13BrClFO.C11H13BrClF.C11H13ClFI.C9H9BrClFO.C9H9ClFI.C8H7BrClFO.C8H7BrClF.C8H7ClFIO.C7H5BrClFO.C7H5BrClF/c1-2-3-4-7-15-9-6-5-8(12)10(13)11(9)14;1-2-3-4-5-8-6-7-9(12)10(13)11(8)14;1-2-3-4-5-8-6-7-9(14)10(12)11(8)13;1-2-5-13-7-4-3-6(10)8(11)9(7)12;1-2-3-6-4-5-7(12)8(10)9(6)11;1-2-12-6-4-3-5(9)7(10)8(6)11;1-2-5-3-4-6(9)7(10)8(5)11;1-2-12-6-4-3-5(11)7(9)8(6)10;1-11-5-3-2-4(8)6(9)7(5)10;1-4-2-3-5(8)6(9)7(4)10/h5-6H,2-4,7H2,1H3;2*6-7H,2-5H2,1H3;3-4H,2,5H2,1H3;4-5H,2-3H2,1H3;3-4H,2H2,1H3;3-4H,2H2,1H3;3-4H,2H2,1H3;2-3H,1H3;2-3H,1H3. The van der Waals surface area contributed by atoms with Crippen LogP contribution >= 0.6 is 295 Å². The number of hydrogen-bond donors (Lipinski definition) is 0. The Kier molecular flexibility index (Phi) is 65.5. The van der Waals surface area contributed by atoms with Crippen LogP contribution in [0.15, 0.2) is 153 Å². The molecule has 10 aromatic rings. The van der Waals surface area contributed by atoms with E-state index in [2.05, 4.69) is 132 Å². The van der Waals surface area contributed by atoms with E-state index in [0.29, 0.717) is 90.0 Å². The Morgan fingerprint density at radius 2 is 0.516 bits per heavy atom. The van der Waals surface area contributed by atoms with Gasteiger partial charge in [0.1, 0.15) is 29.1 Å². The average molecular weight is 2720 g/mol. The number of rotatable bonds is 24. The molecule has 684 valence electrons. The molecular formula is C89H88Br7Cl10F10I3O5. The highest BCUT2D eigenvalue weighted by molar-refractivity contribution is 14.1. The topological polar surface area (TPSA) is 46.2 Å². The Morgan fingerprint density at radius 3 is 0.863 bits per heavy atom. The SMILES string of the molecule is CCCCCOc1ccc(Br)c(Cl)c1F.CCCCCc1ccc(Br)c(Cl)c1F.CCCCCc1ccc(I)c(Cl)c1F.CCCOc1ccc(Br)c(Cl)c1F.CCCc1ccc(I)c(Cl)c1F.CCOc1ccc(Br)c(Cl)c1F.CCOc1ccc(I)c(Cl)c1F.CCc1ccc(Br)c(Cl)c1F.COc1ccc(Br)c(Cl)c1F.Cc1ccc(Br)c(Cl)c1F. The van der Waals surface area contributed by atoms with Gasteiger partial charge in [0.15, 0.2) is 57.8 Å². The summed E-state index contributed by atoms with van der Waals surface area (Å²) in [5.74, 6) is -3.02. The zero-order valence-electron chi connectivity index (χ0n) is 68.4. The van der Waals surface area contributed by atoms with Gasteiger partial charge in [0.05, 0.1) is 83.8 Å². The second-order valence-electron chi connectivity index (χ2n) is 25.2. The molecule has 0 aromatic heterocycles. The highest BCUT2D eigenvalue weighted by atomic mass is 127. The molecule has 0 spiro atoms. The smallest absolute Gasteiger partial charge is 0.184 e. The third kappa shape index (κ3) is 42.7. The van der Waals surface area contributed by atoms with Gasteiger partial charge in [0.2, 0.25) is 0 Å². The summed E-state index contributed by atoms with van der Waals surface area (Å²) in [4.78, 5) is 0. The molecule has 0 unspecified atom stereocenters. The van der Waals surface area contributed by atoms with E-state index < -0.39 is 29.1 Å². The number of ether oxygens (including phenoxy) is 5. The molecular weight excluding hydrogens is 2630 g/mol. The second-order valence-corrected chi connectivity index (χ2v) is 38.4. The predicted octanol–water partition coefficient (Wildman–Crippen LogP) is 40.4. The normalized spacial score (nSPS) is 10.2. The summed E-state index contributed by atoms with van der Waals surface area (Å²) in [7, 11) is 1.39. The van der Waals surface area contributed by atoms with Crippen molar-refractivity contribution in [2.45, 2.75) is 159 Å². The molecule has 0 N–H and O–H groups in total. The number of benzene rings is 10. The number of hydrogen-bond acceptors (Lipinski definition) is 5. The van der Waals surface area contributed by atoms with Gasteiger partial charge in [-0.2, -0.15) is 0 Å². The summed E-state index contributed by atoms with van der Waals surface area (Å²) >= 11 is 84.7. The molecule has 0 aliphatic rings. The third-order valence-electron chi connectivity index (χ3n) is 16.0. The fourth-order valence-corrected chi connectivity index (χ4v) is 14.5. The first-order valence-corrected chi connectivity index (χ1v) is 50.5. The van der Waals surface area contributed by atoms with Crippen molar-refractivity contribution in [1.82, 2.24) is 0 Å². The van der Waals surface area contributed by atoms with Crippen LogP contribution < -0.4 is 23.7 Å². The van der Waals surface area contributed by atoms with E-state index in [1.54, 1.807) is 112 Å². The number of halogens is 30. The minimum atomic E-state index is -0.538. The van der Waals surface area contributed by atoms with Crippen LogP contribution in [0, 0.1) is 75.8 Å². The predicted molar refractivity (Wildman–Crippen MR) is 550 cm³/mol. The quantitative estimate of drug-likeness (QED) is 0.0261. The van der Waals surface area contributed by atoms with Crippen molar-refractivity contribution in [2.75, 3.05) is 33.5 Å².